The molecule has 0 aromatic heterocycles. The second-order valence-corrected chi connectivity index (χ2v) is 10.5. The smallest absolute Gasteiger partial charge is 0.285 e. The fourth-order valence-corrected chi connectivity index (χ4v) is 5.38. The minimum atomic E-state index is -0.512. The molecule has 8 heteroatoms. The highest BCUT2D eigenvalue weighted by Gasteiger charge is 2.34. The SMILES string of the molecule is Cc1ccc(C(=O)NN2C(=O)/C(=C/c3ccccc3OCc3ccc4ccccc4c3)SC2=S)c(Cl)c1. The average Bonchev–Trinajstić information content (AvgIpc) is 3.15. The van der Waals surface area contributed by atoms with Gasteiger partial charge in [-0.3, -0.25) is 15.0 Å². The number of halogens is 1. The van der Waals surface area contributed by atoms with E-state index in [9.17, 15) is 9.59 Å². The number of benzene rings is 4. The van der Waals surface area contributed by atoms with Crippen LogP contribution in [0, 0.1) is 6.92 Å². The molecule has 0 unspecified atom stereocenters. The van der Waals surface area contributed by atoms with E-state index in [0.29, 0.717) is 22.3 Å². The number of thiocarbonyl (C=S) groups is 1. The number of fused-ring (bicyclic) bond motifs is 1. The lowest BCUT2D eigenvalue weighted by molar-refractivity contribution is -0.123. The second kappa shape index (κ2) is 10.8. The summed E-state index contributed by atoms with van der Waals surface area (Å²) in [5, 5.41) is 3.69. The number of hydrogen-bond acceptors (Lipinski definition) is 5. The maximum atomic E-state index is 13.1. The van der Waals surface area contributed by atoms with Crippen molar-refractivity contribution in [2.45, 2.75) is 13.5 Å². The fourth-order valence-electron chi connectivity index (χ4n) is 3.89. The number of ether oxygens (including phenoxy) is 1. The summed E-state index contributed by atoms with van der Waals surface area (Å²) >= 11 is 12.7. The molecular formula is C29H21ClN2O3S2. The van der Waals surface area contributed by atoms with E-state index < -0.39 is 11.8 Å². The lowest BCUT2D eigenvalue weighted by Gasteiger charge is -2.16. The third-order valence-corrected chi connectivity index (χ3v) is 7.40. The Morgan fingerprint density at radius 3 is 2.59 bits per heavy atom. The Hall–Kier alpha value is -3.65. The Kier molecular flexibility index (Phi) is 7.28. The monoisotopic (exact) mass is 544 g/mol. The first-order valence-corrected chi connectivity index (χ1v) is 13.0. The number of rotatable bonds is 6. The summed E-state index contributed by atoms with van der Waals surface area (Å²) in [5.41, 5.74) is 5.53. The molecule has 5 rings (SSSR count). The molecule has 0 radical (unpaired) electrons. The van der Waals surface area contributed by atoms with Crippen LogP contribution in [0.25, 0.3) is 16.8 Å². The van der Waals surface area contributed by atoms with Crippen LogP contribution in [0.1, 0.15) is 27.0 Å². The van der Waals surface area contributed by atoms with Crippen LogP contribution < -0.4 is 10.2 Å². The van der Waals surface area contributed by atoms with Crippen LogP contribution in [0.2, 0.25) is 5.02 Å². The Balaban J connectivity index is 1.32. The van der Waals surface area contributed by atoms with E-state index in [1.165, 1.54) is 5.39 Å². The predicted octanol–water partition coefficient (Wildman–Crippen LogP) is 6.93. The minimum absolute atomic E-state index is 0.224. The summed E-state index contributed by atoms with van der Waals surface area (Å²) in [4.78, 5) is 26.2. The maximum Gasteiger partial charge on any atom is 0.285 e. The molecule has 1 N–H and O–H groups in total. The molecule has 0 saturated carbocycles. The standard InChI is InChI=1S/C29H21ClN2O3S2/c1-18-10-13-23(24(30)14-18)27(33)31-32-28(34)26(37-29(32)36)16-22-8-4-5-9-25(22)35-17-19-11-12-20-6-2-3-7-21(20)15-19/h2-16H,17H2,1H3,(H,31,33)/b26-16-. The highest BCUT2D eigenvalue weighted by molar-refractivity contribution is 8.26. The fraction of sp³-hybridized carbons (Fsp3) is 0.0690. The Bertz CT molecular complexity index is 1580. The van der Waals surface area contributed by atoms with E-state index in [-0.39, 0.29) is 9.88 Å². The number of hydrogen-bond donors (Lipinski definition) is 1. The van der Waals surface area contributed by atoms with Gasteiger partial charge in [0.15, 0.2) is 4.32 Å². The van der Waals surface area contributed by atoms with Crippen molar-refractivity contribution in [1.82, 2.24) is 10.4 Å². The summed E-state index contributed by atoms with van der Waals surface area (Å²) in [6.07, 6.45) is 1.72. The summed E-state index contributed by atoms with van der Waals surface area (Å²) in [5.74, 6) is -0.297. The zero-order valence-corrected chi connectivity index (χ0v) is 22.1. The molecule has 184 valence electrons. The van der Waals surface area contributed by atoms with Gasteiger partial charge in [-0.2, -0.15) is 5.01 Å². The third-order valence-electron chi connectivity index (χ3n) is 5.79. The van der Waals surface area contributed by atoms with Crippen molar-refractivity contribution in [1.29, 1.82) is 0 Å². The minimum Gasteiger partial charge on any atom is -0.488 e. The molecule has 1 saturated heterocycles. The van der Waals surface area contributed by atoms with Crippen LogP contribution in [0.15, 0.2) is 89.8 Å². The summed E-state index contributed by atoms with van der Waals surface area (Å²) in [7, 11) is 0. The molecule has 2 amide bonds. The van der Waals surface area contributed by atoms with Crippen LogP contribution in [0.5, 0.6) is 5.75 Å². The van der Waals surface area contributed by atoms with Crippen LogP contribution in [0.4, 0.5) is 0 Å². The van der Waals surface area contributed by atoms with Gasteiger partial charge in [-0.15, -0.1) is 0 Å². The lowest BCUT2D eigenvalue weighted by atomic mass is 10.1. The van der Waals surface area contributed by atoms with E-state index >= 15 is 0 Å². The van der Waals surface area contributed by atoms with Gasteiger partial charge in [-0.05, 0) is 71.4 Å². The van der Waals surface area contributed by atoms with Crippen molar-refractivity contribution in [3.05, 3.63) is 117 Å². The van der Waals surface area contributed by atoms with Gasteiger partial charge < -0.3 is 4.74 Å². The van der Waals surface area contributed by atoms with E-state index in [0.717, 1.165) is 38.8 Å². The van der Waals surface area contributed by atoms with Gasteiger partial charge in [-0.25, -0.2) is 0 Å². The van der Waals surface area contributed by atoms with Crippen LogP contribution in [-0.4, -0.2) is 21.1 Å². The number of thioether (sulfide) groups is 1. The quantitative estimate of drug-likeness (QED) is 0.211. The van der Waals surface area contributed by atoms with Crippen molar-refractivity contribution in [3.63, 3.8) is 0 Å². The topological polar surface area (TPSA) is 58.6 Å². The normalized spacial score (nSPS) is 14.4. The number of amides is 2. The Labute approximate surface area is 229 Å². The molecule has 1 heterocycles. The van der Waals surface area contributed by atoms with Gasteiger partial charge in [0.25, 0.3) is 11.8 Å². The molecule has 0 atom stereocenters. The number of carbonyl (C=O) groups excluding carboxylic acids is 2. The van der Waals surface area contributed by atoms with Crippen molar-refractivity contribution >= 4 is 68.6 Å². The number of hydrazine groups is 1. The number of para-hydroxylation sites is 1. The highest BCUT2D eigenvalue weighted by Crippen LogP contribution is 2.34. The van der Waals surface area contributed by atoms with E-state index in [4.69, 9.17) is 28.6 Å². The molecule has 0 spiro atoms. The zero-order chi connectivity index (χ0) is 25.9. The van der Waals surface area contributed by atoms with E-state index in [1.54, 1.807) is 24.3 Å². The molecule has 1 fully saturated rings. The van der Waals surface area contributed by atoms with Gasteiger partial charge in [0.05, 0.1) is 15.5 Å². The molecule has 0 aliphatic carbocycles. The lowest BCUT2D eigenvalue weighted by Crippen LogP contribution is -2.44. The Morgan fingerprint density at radius 2 is 1.78 bits per heavy atom. The molecule has 1 aliphatic rings. The van der Waals surface area contributed by atoms with Gasteiger partial charge in [0.2, 0.25) is 0 Å². The second-order valence-electron chi connectivity index (χ2n) is 8.45. The molecule has 4 aromatic rings. The van der Waals surface area contributed by atoms with E-state index in [1.807, 2.05) is 49.4 Å². The average molecular weight is 545 g/mol. The summed E-state index contributed by atoms with van der Waals surface area (Å²) in [6, 6.07) is 26.9. The highest BCUT2D eigenvalue weighted by atomic mass is 35.5. The number of nitrogens with one attached hydrogen (secondary N) is 1. The number of nitrogens with zero attached hydrogens (tertiary/aromatic N) is 1. The number of aryl methyl sites for hydroxylation is 1. The molecule has 4 aromatic carbocycles. The molecule has 37 heavy (non-hydrogen) atoms. The maximum absolute atomic E-state index is 13.1. The summed E-state index contributed by atoms with van der Waals surface area (Å²) < 4.78 is 6.34. The zero-order valence-electron chi connectivity index (χ0n) is 19.7. The van der Waals surface area contributed by atoms with Crippen molar-refractivity contribution < 1.29 is 14.3 Å². The van der Waals surface area contributed by atoms with Crippen molar-refractivity contribution in [3.8, 4) is 5.75 Å². The van der Waals surface area contributed by atoms with Gasteiger partial charge in [0.1, 0.15) is 12.4 Å². The first kappa shape index (κ1) is 25.0. The largest absolute Gasteiger partial charge is 0.488 e. The van der Waals surface area contributed by atoms with Crippen molar-refractivity contribution in [2.75, 3.05) is 0 Å². The molecule has 5 nitrogen and oxygen atoms in total. The van der Waals surface area contributed by atoms with Crippen LogP contribution >= 0.6 is 35.6 Å². The Morgan fingerprint density at radius 1 is 1.03 bits per heavy atom. The third kappa shape index (κ3) is 5.54. The van der Waals surface area contributed by atoms with Crippen LogP contribution in [-0.2, 0) is 11.4 Å². The first-order valence-electron chi connectivity index (χ1n) is 11.4. The van der Waals surface area contributed by atoms with Crippen LogP contribution in [0.3, 0.4) is 0 Å². The predicted molar refractivity (Wildman–Crippen MR) is 153 cm³/mol. The van der Waals surface area contributed by atoms with Gasteiger partial charge >= 0.3 is 0 Å². The van der Waals surface area contributed by atoms with E-state index in [2.05, 4.69) is 29.7 Å². The van der Waals surface area contributed by atoms with Gasteiger partial charge in [-0.1, -0.05) is 84.0 Å². The molecule has 0 bridgehead atoms. The molecule has 1 aliphatic heterocycles. The van der Waals surface area contributed by atoms with Crippen molar-refractivity contribution in [2.24, 2.45) is 0 Å². The summed E-state index contributed by atoms with van der Waals surface area (Å²) in [6.45, 7) is 2.26. The number of carbonyl (C=O) groups is 2. The van der Waals surface area contributed by atoms with Gasteiger partial charge in [0, 0.05) is 5.56 Å². The first-order chi connectivity index (χ1) is 17.9. The molecular weight excluding hydrogens is 524 g/mol.